The van der Waals surface area contributed by atoms with Crippen molar-refractivity contribution < 1.29 is 13.7 Å². The number of rotatable bonds is 8. The van der Waals surface area contributed by atoms with E-state index in [1.54, 1.807) is 12.1 Å². The van der Waals surface area contributed by atoms with Crippen molar-refractivity contribution in [3.8, 4) is 11.4 Å². The number of hydrogen-bond donors (Lipinski definition) is 1. The van der Waals surface area contributed by atoms with E-state index in [0.717, 1.165) is 23.3 Å². The Morgan fingerprint density at radius 3 is 2.50 bits per heavy atom. The van der Waals surface area contributed by atoms with Crippen molar-refractivity contribution in [2.24, 2.45) is 0 Å². The first kappa shape index (κ1) is 24.0. The molecule has 0 saturated heterocycles. The topological polar surface area (TPSA) is 63.4 Å². The molecule has 2 heterocycles. The maximum Gasteiger partial charge on any atom is 0.258 e. The lowest BCUT2D eigenvalue weighted by molar-refractivity contribution is 0.0749. The smallest absolute Gasteiger partial charge is 0.258 e. The highest BCUT2D eigenvalue weighted by atomic mass is 32.1. The number of thiocarbonyl (C=S) groups is 1. The van der Waals surface area contributed by atoms with Gasteiger partial charge in [-0.05, 0) is 76.2 Å². The molecule has 8 heteroatoms. The van der Waals surface area contributed by atoms with Crippen LogP contribution in [0.25, 0.3) is 17.0 Å². The van der Waals surface area contributed by atoms with Gasteiger partial charge in [0.25, 0.3) is 5.89 Å². The number of nitrogens with zero attached hydrogens (tertiary/aromatic N) is 3. The minimum Gasteiger partial charge on any atom is -0.379 e. The lowest BCUT2D eigenvalue weighted by Crippen LogP contribution is -2.46. The van der Waals surface area contributed by atoms with Crippen LogP contribution in [0.2, 0.25) is 0 Å². The van der Waals surface area contributed by atoms with Gasteiger partial charge in [0.2, 0.25) is 5.82 Å². The van der Waals surface area contributed by atoms with Gasteiger partial charge in [0, 0.05) is 24.4 Å². The van der Waals surface area contributed by atoms with Crippen molar-refractivity contribution >= 4 is 22.9 Å². The molecule has 0 bridgehead atoms. The maximum atomic E-state index is 13.4. The molecule has 4 rings (SSSR count). The van der Waals surface area contributed by atoms with E-state index in [1.165, 1.54) is 17.7 Å². The summed E-state index contributed by atoms with van der Waals surface area (Å²) in [6, 6.07) is 14.1. The highest BCUT2D eigenvalue weighted by Gasteiger charge is 2.33. The Kier molecular flexibility index (Phi) is 7.38. The van der Waals surface area contributed by atoms with E-state index >= 15 is 0 Å². The molecule has 1 aliphatic rings. The molecule has 2 aromatic carbocycles. The van der Waals surface area contributed by atoms with E-state index in [-0.39, 0.29) is 18.0 Å². The minimum absolute atomic E-state index is 0.188. The van der Waals surface area contributed by atoms with Crippen LogP contribution < -0.4 is 5.32 Å². The molecule has 3 aromatic rings. The lowest BCUT2D eigenvalue weighted by Gasteiger charge is -2.37. The highest BCUT2D eigenvalue weighted by Crippen LogP contribution is 2.37. The number of allylic oxidation sites excluding steroid dienone is 1. The number of nitrogens with one attached hydrogen (secondary N) is 1. The molecule has 0 aliphatic carbocycles. The van der Waals surface area contributed by atoms with E-state index < -0.39 is 0 Å². The van der Waals surface area contributed by atoms with Crippen LogP contribution in [0.3, 0.4) is 0 Å². The summed E-state index contributed by atoms with van der Waals surface area (Å²) in [5, 5.41) is 8.28. The zero-order chi connectivity index (χ0) is 24.2. The van der Waals surface area contributed by atoms with Crippen LogP contribution in [0.4, 0.5) is 4.39 Å². The first-order valence-corrected chi connectivity index (χ1v) is 11.8. The van der Waals surface area contributed by atoms with E-state index in [9.17, 15) is 4.39 Å². The van der Waals surface area contributed by atoms with Crippen molar-refractivity contribution in [3.63, 3.8) is 0 Å². The number of hydrogen-bond acceptors (Lipinski definition) is 5. The fraction of sp³-hybridized carbons (Fsp3) is 0.346. The molecule has 6 nitrogen and oxygen atoms in total. The molecular formula is C26H29FN4O2S. The molecule has 34 heavy (non-hydrogen) atoms. The maximum absolute atomic E-state index is 13.4. The molecule has 1 N–H and O–H groups in total. The van der Waals surface area contributed by atoms with Crippen LogP contribution in [0, 0.1) is 12.7 Å². The van der Waals surface area contributed by atoms with Gasteiger partial charge < -0.3 is 19.5 Å². The minimum atomic E-state index is -0.312. The zero-order valence-corrected chi connectivity index (χ0v) is 20.7. The van der Waals surface area contributed by atoms with Crippen molar-refractivity contribution in [1.29, 1.82) is 0 Å². The Balaban J connectivity index is 1.70. The van der Waals surface area contributed by atoms with E-state index in [2.05, 4.69) is 51.5 Å². The largest absolute Gasteiger partial charge is 0.379 e. The van der Waals surface area contributed by atoms with Crippen LogP contribution in [-0.2, 0) is 4.74 Å². The molecule has 0 fully saturated rings. The molecule has 178 valence electrons. The van der Waals surface area contributed by atoms with Crippen LogP contribution >= 0.6 is 12.2 Å². The Morgan fingerprint density at radius 1 is 1.12 bits per heavy atom. The van der Waals surface area contributed by atoms with E-state index in [1.807, 2.05) is 20.8 Å². The summed E-state index contributed by atoms with van der Waals surface area (Å²) < 4.78 is 24.8. The number of halogens is 1. The first-order chi connectivity index (χ1) is 16.3. The summed E-state index contributed by atoms with van der Waals surface area (Å²) in [5.74, 6) is 0.497. The summed E-state index contributed by atoms with van der Waals surface area (Å²) in [7, 11) is 0. The van der Waals surface area contributed by atoms with Gasteiger partial charge >= 0.3 is 0 Å². The molecule has 0 radical (unpaired) electrons. The summed E-state index contributed by atoms with van der Waals surface area (Å²) in [5.41, 5.74) is 4.72. The van der Waals surface area contributed by atoms with Gasteiger partial charge in [-0.1, -0.05) is 35.0 Å². The van der Waals surface area contributed by atoms with Crippen molar-refractivity contribution in [1.82, 2.24) is 20.4 Å². The number of aryl methyl sites for hydroxylation is 1. The molecule has 1 unspecified atom stereocenters. The van der Waals surface area contributed by atoms with Gasteiger partial charge in [-0.3, -0.25) is 0 Å². The average Bonchev–Trinajstić information content (AvgIpc) is 3.28. The summed E-state index contributed by atoms with van der Waals surface area (Å²) in [6.07, 6.45) is 1.01. The Bertz CT molecular complexity index is 1170. The van der Waals surface area contributed by atoms with Crippen molar-refractivity contribution in [2.45, 2.75) is 46.3 Å². The number of aromatic nitrogens is 2. The van der Waals surface area contributed by atoms with Crippen LogP contribution in [0.15, 0.2) is 58.8 Å². The average molecular weight is 481 g/mol. The van der Waals surface area contributed by atoms with Gasteiger partial charge in [0.15, 0.2) is 5.11 Å². The molecule has 0 saturated carbocycles. The zero-order valence-electron chi connectivity index (χ0n) is 19.8. The third-order valence-electron chi connectivity index (χ3n) is 5.74. The second-order valence-electron chi connectivity index (χ2n) is 8.65. The molecule has 1 atom stereocenters. The SMILES string of the molecule is CC1=C(c2nc(-c3ccc(F)cc3)no2)C(c2ccc(C)cc2)NC(=S)N1CCCOC(C)C. The third-order valence-corrected chi connectivity index (χ3v) is 6.08. The normalized spacial score (nSPS) is 16.4. The highest BCUT2D eigenvalue weighted by molar-refractivity contribution is 7.80. The van der Waals surface area contributed by atoms with E-state index in [0.29, 0.717) is 35.5 Å². The van der Waals surface area contributed by atoms with Crippen molar-refractivity contribution in [3.05, 3.63) is 77.1 Å². The third kappa shape index (κ3) is 5.34. The Morgan fingerprint density at radius 2 is 1.82 bits per heavy atom. The number of ether oxygens (including phenoxy) is 1. The second kappa shape index (κ2) is 10.4. The Labute approximate surface area is 204 Å². The number of benzene rings is 2. The first-order valence-electron chi connectivity index (χ1n) is 11.4. The van der Waals surface area contributed by atoms with Crippen LogP contribution in [0.5, 0.6) is 0 Å². The summed E-state index contributed by atoms with van der Waals surface area (Å²) in [6.45, 7) is 9.48. The lowest BCUT2D eigenvalue weighted by atomic mass is 9.94. The van der Waals surface area contributed by atoms with Gasteiger partial charge in [0.05, 0.1) is 17.7 Å². The summed E-state index contributed by atoms with van der Waals surface area (Å²) >= 11 is 5.74. The molecule has 1 aromatic heterocycles. The summed E-state index contributed by atoms with van der Waals surface area (Å²) in [4.78, 5) is 6.72. The Hall–Kier alpha value is -3.10. The van der Waals surface area contributed by atoms with Gasteiger partial charge in [-0.2, -0.15) is 4.98 Å². The monoisotopic (exact) mass is 480 g/mol. The van der Waals surface area contributed by atoms with Gasteiger partial charge in [-0.25, -0.2) is 4.39 Å². The quantitative estimate of drug-likeness (QED) is 0.330. The fourth-order valence-electron chi connectivity index (χ4n) is 3.93. The van der Waals surface area contributed by atoms with Crippen LogP contribution in [0.1, 0.15) is 50.3 Å². The molecule has 0 spiro atoms. The molecular weight excluding hydrogens is 451 g/mol. The second-order valence-corrected chi connectivity index (χ2v) is 9.03. The van der Waals surface area contributed by atoms with Gasteiger partial charge in [0.1, 0.15) is 5.82 Å². The predicted octanol–water partition coefficient (Wildman–Crippen LogP) is 5.66. The van der Waals surface area contributed by atoms with Gasteiger partial charge in [-0.15, -0.1) is 0 Å². The molecule has 0 amide bonds. The molecule has 1 aliphatic heterocycles. The van der Waals surface area contributed by atoms with Crippen molar-refractivity contribution in [2.75, 3.05) is 13.2 Å². The van der Waals surface area contributed by atoms with Crippen LogP contribution in [-0.4, -0.2) is 39.4 Å². The fourth-order valence-corrected chi connectivity index (χ4v) is 4.27. The van der Waals surface area contributed by atoms with E-state index in [4.69, 9.17) is 21.5 Å². The standard InChI is InChI=1S/C26H29FN4O2S/c1-16(2)32-15-5-14-31-18(4)22(23(28-26(31)34)19-8-6-17(3)7-9-19)25-29-24(30-33-25)20-10-12-21(27)13-11-20/h6-13,16,23H,5,14-15H2,1-4H3,(H,28,34). The predicted molar refractivity (Wildman–Crippen MR) is 134 cm³/mol.